The molecule has 1 unspecified atom stereocenters. The van der Waals surface area contributed by atoms with Crippen LogP contribution in [0, 0.1) is 11.7 Å². The highest BCUT2D eigenvalue weighted by Crippen LogP contribution is 2.16. The first-order chi connectivity index (χ1) is 16.8. The molecule has 0 aliphatic rings. The molecule has 1 aromatic carbocycles. The summed E-state index contributed by atoms with van der Waals surface area (Å²) >= 11 is 5.48. The van der Waals surface area contributed by atoms with Crippen molar-refractivity contribution >= 4 is 17.9 Å². The Labute approximate surface area is 219 Å². The van der Waals surface area contributed by atoms with Crippen LogP contribution in [0.2, 0.25) is 5.15 Å². The summed E-state index contributed by atoms with van der Waals surface area (Å²) < 4.78 is 12.8. The number of benzene rings is 1. The predicted octanol–water partition coefficient (Wildman–Crippen LogP) is 7.83. The summed E-state index contributed by atoms with van der Waals surface area (Å²) in [7, 11) is 2.04. The number of carbonyl (C=O) groups is 1. The SMILES string of the molecule is CC.CC.CCCc1nc(Cl)c(F)cc1C=O.CNC(C)CN(CCC(C)C)Cc1ccccc1. The van der Waals surface area contributed by atoms with E-state index in [9.17, 15) is 9.18 Å². The lowest BCUT2D eigenvalue weighted by molar-refractivity contribution is 0.112. The first-order valence-electron chi connectivity index (χ1n) is 13.0. The Morgan fingerprint density at radius 2 is 1.71 bits per heavy atom. The van der Waals surface area contributed by atoms with Gasteiger partial charge in [0.15, 0.2) is 17.3 Å². The maximum absolute atomic E-state index is 12.8. The second-order valence-electron chi connectivity index (χ2n) is 8.26. The summed E-state index contributed by atoms with van der Waals surface area (Å²) in [6.45, 7) is 20.1. The molecule has 2 aromatic rings. The van der Waals surface area contributed by atoms with Gasteiger partial charge < -0.3 is 5.32 Å². The second-order valence-corrected chi connectivity index (χ2v) is 8.62. The molecule has 0 radical (unpaired) electrons. The van der Waals surface area contributed by atoms with Crippen molar-refractivity contribution in [2.75, 3.05) is 20.1 Å². The van der Waals surface area contributed by atoms with Gasteiger partial charge in [-0.2, -0.15) is 0 Å². The smallest absolute Gasteiger partial charge is 0.165 e. The Bertz CT molecular complexity index is 772. The van der Waals surface area contributed by atoms with Crippen LogP contribution in [0.25, 0.3) is 0 Å². The average Bonchev–Trinajstić information content (AvgIpc) is 2.88. The summed E-state index contributed by atoms with van der Waals surface area (Å²) in [6, 6.07) is 12.4. The lowest BCUT2D eigenvalue weighted by Gasteiger charge is -2.26. The molecule has 4 nitrogen and oxygen atoms in total. The van der Waals surface area contributed by atoms with Gasteiger partial charge in [0.05, 0.1) is 5.69 Å². The maximum Gasteiger partial charge on any atom is 0.165 e. The van der Waals surface area contributed by atoms with E-state index in [1.165, 1.54) is 18.5 Å². The fourth-order valence-corrected chi connectivity index (χ4v) is 3.21. The molecule has 1 aromatic heterocycles. The van der Waals surface area contributed by atoms with E-state index in [1.54, 1.807) is 0 Å². The lowest BCUT2D eigenvalue weighted by atomic mass is 10.1. The minimum Gasteiger partial charge on any atom is -0.316 e. The molecule has 200 valence electrons. The Hall–Kier alpha value is -1.82. The van der Waals surface area contributed by atoms with Crippen molar-refractivity contribution in [1.82, 2.24) is 15.2 Å². The fraction of sp³-hybridized carbons (Fsp3) is 0.586. The third kappa shape index (κ3) is 16.5. The summed E-state index contributed by atoms with van der Waals surface area (Å²) in [6.07, 6.45) is 3.34. The third-order valence-corrected chi connectivity index (χ3v) is 5.22. The van der Waals surface area contributed by atoms with Gasteiger partial charge in [-0.15, -0.1) is 0 Å². The standard InChI is InChI=1S/C16H28N2.C9H9ClFNO.2C2H6/c1-14(2)10-11-18(12-15(3)17-4)13-16-8-6-5-7-9-16;1-2-3-8-6(5-13)4-7(11)9(10)12-8;2*1-2/h5-9,14-15,17H,10-13H2,1-4H3;4-5H,2-3H2,1H3;2*1-2H3. The molecule has 0 bridgehead atoms. The zero-order chi connectivity index (χ0) is 27.2. The Balaban J connectivity index is 0. The highest BCUT2D eigenvalue weighted by molar-refractivity contribution is 6.29. The number of carbonyl (C=O) groups excluding carboxylic acids is 1. The van der Waals surface area contributed by atoms with E-state index in [2.05, 4.69) is 66.3 Å². The second kappa shape index (κ2) is 22.6. The molecule has 0 aliphatic heterocycles. The van der Waals surface area contributed by atoms with Crippen LogP contribution in [0.15, 0.2) is 36.4 Å². The largest absolute Gasteiger partial charge is 0.316 e. The summed E-state index contributed by atoms with van der Waals surface area (Å²) in [5.41, 5.74) is 2.25. The van der Waals surface area contributed by atoms with E-state index in [1.807, 2.05) is 41.7 Å². The van der Waals surface area contributed by atoms with Crippen LogP contribution in [-0.4, -0.2) is 42.3 Å². The molecule has 0 spiro atoms. The number of aryl methyl sites for hydroxylation is 1. The third-order valence-electron chi connectivity index (χ3n) is 4.96. The number of rotatable bonds is 11. The molecule has 1 heterocycles. The molecule has 0 fully saturated rings. The number of halogens is 2. The highest BCUT2D eigenvalue weighted by Gasteiger charge is 2.10. The normalized spacial score (nSPS) is 10.9. The zero-order valence-corrected chi connectivity index (χ0v) is 24.3. The Kier molecular flexibility index (Phi) is 22.9. The number of hydrogen-bond donors (Lipinski definition) is 1. The minimum absolute atomic E-state index is 0.172. The summed E-state index contributed by atoms with van der Waals surface area (Å²) in [5, 5.41) is 3.15. The van der Waals surface area contributed by atoms with E-state index in [0.29, 0.717) is 24.4 Å². The first kappa shape index (κ1) is 35.3. The predicted molar refractivity (Wildman–Crippen MR) is 151 cm³/mol. The minimum atomic E-state index is -0.649. The summed E-state index contributed by atoms with van der Waals surface area (Å²) in [4.78, 5) is 16.9. The monoisotopic (exact) mass is 509 g/mol. The van der Waals surface area contributed by atoms with Crippen molar-refractivity contribution < 1.29 is 9.18 Å². The number of aromatic nitrogens is 1. The van der Waals surface area contributed by atoms with Crippen LogP contribution < -0.4 is 5.32 Å². The molecular weight excluding hydrogens is 461 g/mol. The van der Waals surface area contributed by atoms with Crippen molar-refractivity contribution in [3.8, 4) is 0 Å². The molecule has 1 atom stereocenters. The van der Waals surface area contributed by atoms with Crippen LogP contribution in [0.1, 0.15) is 89.8 Å². The van der Waals surface area contributed by atoms with Crippen molar-refractivity contribution in [3.63, 3.8) is 0 Å². The maximum atomic E-state index is 12.8. The van der Waals surface area contributed by atoms with Crippen LogP contribution >= 0.6 is 11.6 Å². The van der Waals surface area contributed by atoms with Gasteiger partial charge in [-0.25, -0.2) is 9.37 Å². The molecule has 1 N–H and O–H groups in total. The Morgan fingerprint density at radius 3 is 2.20 bits per heavy atom. The topological polar surface area (TPSA) is 45.2 Å². The van der Waals surface area contributed by atoms with Crippen LogP contribution in [-0.2, 0) is 13.0 Å². The Morgan fingerprint density at radius 1 is 1.11 bits per heavy atom. The van der Waals surface area contributed by atoms with E-state index < -0.39 is 5.82 Å². The van der Waals surface area contributed by atoms with Gasteiger partial charge in [-0.1, -0.05) is 96.8 Å². The average molecular weight is 510 g/mol. The van der Waals surface area contributed by atoms with Crippen LogP contribution in [0.4, 0.5) is 4.39 Å². The zero-order valence-electron chi connectivity index (χ0n) is 23.5. The van der Waals surface area contributed by atoms with E-state index >= 15 is 0 Å². The molecule has 0 amide bonds. The molecule has 35 heavy (non-hydrogen) atoms. The lowest BCUT2D eigenvalue weighted by Crippen LogP contribution is -2.38. The molecular formula is C29H49ClFN3O. The van der Waals surface area contributed by atoms with Gasteiger partial charge in [-0.3, -0.25) is 9.69 Å². The van der Waals surface area contributed by atoms with E-state index in [0.717, 1.165) is 31.5 Å². The van der Waals surface area contributed by atoms with Crippen molar-refractivity contribution in [3.05, 3.63) is 64.2 Å². The number of pyridine rings is 1. The van der Waals surface area contributed by atoms with Gasteiger partial charge in [-0.05, 0) is 50.9 Å². The number of nitrogens with one attached hydrogen (secondary N) is 1. The van der Waals surface area contributed by atoms with Gasteiger partial charge in [0, 0.05) is 24.7 Å². The number of nitrogens with zero attached hydrogens (tertiary/aromatic N) is 2. The number of hydrogen-bond acceptors (Lipinski definition) is 4. The van der Waals surface area contributed by atoms with Gasteiger partial charge in [0.2, 0.25) is 0 Å². The molecule has 0 aliphatic carbocycles. The van der Waals surface area contributed by atoms with Crippen molar-refractivity contribution in [2.45, 2.75) is 87.2 Å². The number of aldehydes is 1. The summed E-state index contributed by atoms with van der Waals surface area (Å²) in [5.74, 6) is 0.122. The highest BCUT2D eigenvalue weighted by atomic mass is 35.5. The van der Waals surface area contributed by atoms with Crippen LogP contribution in [0.3, 0.4) is 0 Å². The number of likely N-dealkylation sites (N-methyl/N-ethyl adjacent to an activating group) is 1. The van der Waals surface area contributed by atoms with Crippen molar-refractivity contribution in [1.29, 1.82) is 0 Å². The van der Waals surface area contributed by atoms with E-state index in [-0.39, 0.29) is 10.7 Å². The quantitative estimate of drug-likeness (QED) is 0.247. The molecule has 0 saturated heterocycles. The van der Waals surface area contributed by atoms with Gasteiger partial charge >= 0.3 is 0 Å². The first-order valence-corrected chi connectivity index (χ1v) is 13.4. The van der Waals surface area contributed by atoms with Gasteiger partial charge in [0.25, 0.3) is 0 Å². The fourth-order valence-electron chi connectivity index (χ4n) is 3.05. The van der Waals surface area contributed by atoms with Crippen LogP contribution in [0.5, 0.6) is 0 Å². The van der Waals surface area contributed by atoms with Crippen molar-refractivity contribution in [2.24, 2.45) is 5.92 Å². The molecule has 2 rings (SSSR count). The van der Waals surface area contributed by atoms with Gasteiger partial charge in [0.1, 0.15) is 0 Å². The molecule has 0 saturated carbocycles. The molecule has 6 heteroatoms. The van der Waals surface area contributed by atoms with E-state index in [4.69, 9.17) is 11.6 Å².